The van der Waals surface area contributed by atoms with Crippen LogP contribution in [0.3, 0.4) is 0 Å². The van der Waals surface area contributed by atoms with Gasteiger partial charge in [-0.1, -0.05) is 19.1 Å². The van der Waals surface area contributed by atoms with Crippen molar-refractivity contribution in [3.63, 3.8) is 0 Å². The molecule has 0 saturated carbocycles. The van der Waals surface area contributed by atoms with Gasteiger partial charge >= 0.3 is 0 Å². The van der Waals surface area contributed by atoms with Gasteiger partial charge in [-0.3, -0.25) is 19.6 Å². The predicted octanol–water partition coefficient (Wildman–Crippen LogP) is 2.52. The van der Waals surface area contributed by atoms with Crippen LogP contribution in [-0.4, -0.2) is 59.2 Å². The lowest BCUT2D eigenvalue weighted by Gasteiger charge is -2.38. The van der Waals surface area contributed by atoms with Crippen LogP contribution in [-0.2, 0) is 16.6 Å². The van der Waals surface area contributed by atoms with E-state index in [1.54, 1.807) is 0 Å². The Balaban J connectivity index is 1.27. The summed E-state index contributed by atoms with van der Waals surface area (Å²) in [6, 6.07) is 6.64. The fourth-order valence-electron chi connectivity index (χ4n) is 5.89. The standard InChI is InChI=1S/C25H35N5O2/c1-16-14-26-10-7-19(16)15-30-11-8-17(9-12-30)18-3-4-20-22(13-18)29(2)28-24(20)21-5-6-23(31)27-25(21)32/h3-4,13,16-17,19,21,26H,5-12,14-15H2,1-2H3,(H,27,31,32)/t16-,19+,21?/m0/s1. The fourth-order valence-corrected chi connectivity index (χ4v) is 5.89. The first-order valence-corrected chi connectivity index (χ1v) is 12.2. The second-order valence-electron chi connectivity index (χ2n) is 10.1. The van der Waals surface area contributed by atoms with Gasteiger partial charge in [-0.25, -0.2) is 0 Å². The van der Waals surface area contributed by atoms with Crippen LogP contribution in [0.4, 0.5) is 0 Å². The predicted molar refractivity (Wildman–Crippen MR) is 124 cm³/mol. The van der Waals surface area contributed by atoms with E-state index in [0.717, 1.165) is 41.5 Å². The highest BCUT2D eigenvalue weighted by atomic mass is 16.2. The van der Waals surface area contributed by atoms with Crippen LogP contribution in [0.1, 0.15) is 62.1 Å². The van der Waals surface area contributed by atoms with E-state index in [4.69, 9.17) is 5.10 Å². The number of hydrogen-bond donors (Lipinski definition) is 2. The van der Waals surface area contributed by atoms with Crippen molar-refractivity contribution in [3.8, 4) is 0 Å². The van der Waals surface area contributed by atoms with Gasteiger partial charge in [0.25, 0.3) is 0 Å². The van der Waals surface area contributed by atoms with E-state index in [-0.39, 0.29) is 17.7 Å². The minimum atomic E-state index is -0.345. The van der Waals surface area contributed by atoms with E-state index >= 15 is 0 Å². The zero-order valence-corrected chi connectivity index (χ0v) is 19.3. The maximum atomic E-state index is 12.4. The lowest BCUT2D eigenvalue weighted by Crippen LogP contribution is -2.43. The summed E-state index contributed by atoms with van der Waals surface area (Å²) >= 11 is 0. The molecule has 3 atom stereocenters. The van der Waals surface area contributed by atoms with Gasteiger partial charge in [0.15, 0.2) is 0 Å². The first-order chi connectivity index (χ1) is 15.5. The van der Waals surface area contributed by atoms with Gasteiger partial charge in [-0.05, 0) is 81.2 Å². The first kappa shape index (κ1) is 21.6. The highest BCUT2D eigenvalue weighted by molar-refractivity contribution is 6.02. The number of imide groups is 1. The van der Waals surface area contributed by atoms with Crippen molar-refractivity contribution in [1.29, 1.82) is 0 Å². The Bertz CT molecular complexity index is 1010. The summed E-state index contributed by atoms with van der Waals surface area (Å²) in [7, 11) is 1.95. The van der Waals surface area contributed by atoms with E-state index in [9.17, 15) is 9.59 Å². The average molecular weight is 438 g/mol. The van der Waals surface area contributed by atoms with Crippen LogP contribution in [0.25, 0.3) is 10.9 Å². The lowest BCUT2D eigenvalue weighted by molar-refractivity contribution is -0.134. The second kappa shape index (κ2) is 8.94. The molecule has 0 aliphatic carbocycles. The number of likely N-dealkylation sites (tertiary alicyclic amines) is 1. The summed E-state index contributed by atoms with van der Waals surface area (Å²) in [6.45, 7) is 8.30. The highest BCUT2D eigenvalue weighted by Gasteiger charge is 2.32. The summed E-state index contributed by atoms with van der Waals surface area (Å²) in [5.41, 5.74) is 3.25. The van der Waals surface area contributed by atoms with Gasteiger partial charge in [-0.2, -0.15) is 5.10 Å². The first-order valence-electron chi connectivity index (χ1n) is 12.2. The number of benzene rings is 1. The van der Waals surface area contributed by atoms with Crippen molar-refractivity contribution in [3.05, 3.63) is 29.5 Å². The minimum absolute atomic E-state index is 0.185. The SMILES string of the molecule is C[C@H]1CNCC[C@@H]1CN1CCC(c2ccc3c(C4CCC(=O)NC4=O)nn(C)c3c2)CC1. The Morgan fingerprint density at radius 1 is 1.12 bits per heavy atom. The molecule has 32 heavy (non-hydrogen) atoms. The smallest absolute Gasteiger partial charge is 0.235 e. The molecule has 0 spiro atoms. The molecular formula is C25H35N5O2. The molecule has 3 aliphatic heterocycles. The maximum Gasteiger partial charge on any atom is 0.235 e. The molecule has 2 aromatic rings. The summed E-state index contributed by atoms with van der Waals surface area (Å²) in [5.74, 6) is 1.42. The number of aromatic nitrogens is 2. The topological polar surface area (TPSA) is 79.3 Å². The summed E-state index contributed by atoms with van der Waals surface area (Å²) < 4.78 is 1.89. The maximum absolute atomic E-state index is 12.4. The molecule has 3 saturated heterocycles. The van der Waals surface area contributed by atoms with Crippen LogP contribution < -0.4 is 10.6 Å². The van der Waals surface area contributed by atoms with E-state index in [0.29, 0.717) is 18.8 Å². The lowest BCUT2D eigenvalue weighted by atomic mass is 9.85. The number of hydrogen-bond acceptors (Lipinski definition) is 5. The van der Waals surface area contributed by atoms with E-state index in [2.05, 4.69) is 40.7 Å². The third-order valence-electron chi connectivity index (χ3n) is 7.99. The molecule has 0 radical (unpaired) electrons. The van der Waals surface area contributed by atoms with Crippen molar-refractivity contribution in [2.24, 2.45) is 18.9 Å². The van der Waals surface area contributed by atoms with Gasteiger partial charge in [-0.15, -0.1) is 0 Å². The fraction of sp³-hybridized carbons (Fsp3) is 0.640. The average Bonchev–Trinajstić information content (AvgIpc) is 3.11. The van der Waals surface area contributed by atoms with Gasteiger partial charge < -0.3 is 10.2 Å². The molecule has 1 unspecified atom stereocenters. The number of amides is 2. The number of aryl methyl sites for hydroxylation is 1. The van der Waals surface area contributed by atoms with Gasteiger partial charge in [0, 0.05) is 25.4 Å². The van der Waals surface area contributed by atoms with E-state index < -0.39 is 0 Å². The zero-order chi connectivity index (χ0) is 22.2. The number of nitrogens with zero attached hydrogens (tertiary/aromatic N) is 3. The number of carbonyl (C=O) groups excluding carboxylic acids is 2. The Morgan fingerprint density at radius 3 is 2.69 bits per heavy atom. The van der Waals surface area contributed by atoms with Crippen molar-refractivity contribution in [2.75, 3.05) is 32.7 Å². The van der Waals surface area contributed by atoms with Crippen molar-refractivity contribution < 1.29 is 9.59 Å². The molecule has 0 bridgehead atoms. The van der Waals surface area contributed by atoms with E-state index in [1.807, 2.05) is 11.7 Å². The third kappa shape index (κ3) is 4.20. The van der Waals surface area contributed by atoms with E-state index in [1.165, 1.54) is 44.5 Å². The number of piperidine rings is 3. The molecule has 1 aromatic heterocycles. The molecule has 3 fully saturated rings. The number of carbonyl (C=O) groups is 2. The third-order valence-corrected chi connectivity index (χ3v) is 7.99. The van der Waals surface area contributed by atoms with Gasteiger partial charge in [0.2, 0.25) is 11.8 Å². The largest absolute Gasteiger partial charge is 0.316 e. The van der Waals surface area contributed by atoms with Crippen LogP contribution in [0.5, 0.6) is 0 Å². The molecule has 7 heteroatoms. The second-order valence-corrected chi connectivity index (χ2v) is 10.1. The van der Waals surface area contributed by atoms with Crippen LogP contribution >= 0.6 is 0 Å². The Morgan fingerprint density at radius 2 is 1.94 bits per heavy atom. The molecule has 4 heterocycles. The van der Waals surface area contributed by atoms with Gasteiger partial charge in [0.05, 0.1) is 17.1 Å². The minimum Gasteiger partial charge on any atom is -0.316 e. The molecule has 3 aliphatic rings. The monoisotopic (exact) mass is 437 g/mol. The van der Waals surface area contributed by atoms with Crippen molar-refractivity contribution >= 4 is 22.7 Å². The molecule has 2 amide bonds. The van der Waals surface area contributed by atoms with Crippen LogP contribution in [0, 0.1) is 11.8 Å². The van der Waals surface area contributed by atoms with Crippen LogP contribution in [0.2, 0.25) is 0 Å². The molecule has 2 N–H and O–H groups in total. The summed E-state index contributed by atoms with van der Waals surface area (Å²) in [4.78, 5) is 26.6. The molecule has 5 rings (SSSR count). The molecule has 172 valence electrons. The normalized spacial score (nSPS) is 28.2. The number of fused-ring (bicyclic) bond motifs is 1. The van der Waals surface area contributed by atoms with Crippen molar-refractivity contribution in [2.45, 2.75) is 50.9 Å². The number of rotatable bonds is 4. The van der Waals surface area contributed by atoms with Gasteiger partial charge in [0.1, 0.15) is 0 Å². The quantitative estimate of drug-likeness (QED) is 0.719. The highest BCUT2D eigenvalue weighted by Crippen LogP contribution is 2.35. The number of nitrogens with one attached hydrogen (secondary N) is 2. The Kier molecular flexibility index (Phi) is 6.03. The molecule has 1 aromatic carbocycles. The zero-order valence-electron chi connectivity index (χ0n) is 19.3. The molecule has 7 nitrogen and oxygen atoms in total. The molecular weight excluding hydrogens is 402 g/mol. The van der Waals surface area contributed by atoms with Crippen LogP contribution in [0.15, 0.2) is 18.2 Å². The Hall–Kier alpha value is -2.25. The summed E-state index contributed by atoms with van der Waals surface area (Å²) in [5, 5.41) is 11.7. The Labute approximate surface area is 189 Å². The summed E-state index contributed by atoms with van der Waals surface area (Å²) in [6.07, 6.45) is 4.60. The van der Waals surface area contributed by atoms with Crippen molar-refractivity contribution in [1.82, 2.24) is 25.3 Å².